The van der Waals surface area contributed by atoms with Gasteiger partial charge in [0, 0.05) is 30.9 Å². The minimum Gasteiger partial charge on any atom is -0.290 e. The maximum absolute atomic E-state index is 11.7. The monoisotopic (exact) mass is 293 g/mol. The molecule has 1 aliphatic rings. The molecule has 0 aromatic heterocycles. The van der Waals surface area contributed by atoms with Gasteiger partial charge in [0.1, 0.15) is 0 Å². The fourth-order valence-electron chi connectivity index (χ4n) is 1.83. The molecule has 0 saturated heterocycles. The molecule has 1 amide bonds. The van der Waals surface area contributed by atoms with Crippen LogP contribution in [0.1, 0.15) is 18.9 Å². The number of nitro groups is 1. The summed E-state index contributed by atoms with van der Waals surface area (Å²) in [6.45, 7) is 3.13. The number of thioether (sulfide) groups is 1. The molecule has 106 valence electrons. The van der Waals surface area contributed by atoms with E-state index >= 15 is 0 Å². The highest BCUT2D eigenvalue weighted by molar-refractivity contribution is 8.13. The normalized spacial score (nSPS) is 14.2. The molecule has 20 heavy (non-hydrogen) atoms. The highest BCUT2D eigenvalue weighted by Crippen LogP contribution is 2.21. The Morgan fingerprint density at radius 1 is 1.45 bits per heavy atom. The molecule has 0 spiro atoms. The molecule has 1 aromatic carbocycles. The van der Waals surface area contributed by atoms with Gasteiger partial charge in [-0.05, 0) is 5.56 Å². The molecule has 0 N–H and O–H groups in total. The van der Waals surface area contributed by atoms with Gasteiger partial charge in [-0.3, -0.25) is 24.8 Å². The first-order valence-corrected chi connectivity index (χ1v) is 7.31. The fraction of sp³-hybridized carbons (Fsp3) is 0.385. The number of aliphatic imine (C=N–C) groups is 1. The minimum absolute atomic E-state index is 0.0810. The Bertz CT molecular complexity index is 542. The van der Waals surface area contributed by atoms with Crippen molar-refractivity contribution in [2.45, 2.75) is 19.1 Å². The number of carbonyl (C=O) groups is 1. The lowest BCUT2D eigenvalue weighted by atomic mass is 10.2. The third-order valence-corrected chi connectivity index (χ3v) is 4.01. The van der Waals surface area contributed by atoms with E-state index in [4.69, 9.17) is 0 Å². The van der Waals surface area contributed by atoms with Gasteiger partial charge in [0.05, 0.1) is 11.5 Å². The summed E-state index contributed by atoms with van der Waals surface area (Å²) in [5.41, 5.74) is 1.05. The highest BCUT2D eigenvalue weighted by Gasteiger charge is 2.22. The smallest absolute Gasteiger partial charge is 0.269 e. The number of hydrogen-bond acceptors (Lipinski definition) is 5. The molecule has 0 saturated carbocycles. The van der Waals surface area contributed by atoms with Crippen LogP contribution in [0.5, 0.6) is 0 Å². The van der Waals surface area contributed by atoms with E-state index in [2.05, 4.69) is 4.99 Å². The molecule has 0 unspecified atom stereocenters. The number of nitrogens with zero attached hydrogens (tertiary/aromatic N) is 3. The maximum atomic E-state index is 11.7. The number of rotatable bonds is 4. The number of benzene rings is 1. The lowest BCUT2D eigenvalue weighted by Crippen LogP contribution is -2.32. The third-order valence-electron chi connectivity index (χ3n) is 2.92. The zero-order chi connectivity index (χ0) is 14.5. The fourth-order valence-corrected chi connectivity index (χ4v) is 2.85. The maximum Gasteiger partial charge on any atom is 0.269 e. The number of nitro benzene ring substituents is 1. The van der Waals surface area contributed by atoms with Crippen LogP contribution < -0.4 is 0 Å². The van der Waals surface area contributed by atoms with Crippen LogP contribution in [0.15, 0.2) is 29.3 Å². The molecule has 1 aromatic rings. The quantitative estimate of drug-likeness (QED) is 0.631. The van der Waals surface area contributed by atoms with E-state index in [1.165, 1.54) is 23.9 Å². The van der Waals surface area contributed by atoms with Crippen molar-refractivity contribution >= 4 is 28.5 Å². The van der Waals surface area contributed by atoms with Crippen LogP contribution in [-0.2, 0) is 10.5 Å². The molecule has 0 atom stereocenters. The van der Waals surface area contributed by atoms with Crippen LogP contribution in [0, 0.1) is 10.1 Å². The van der Waals surface area contributed by atoms with Crippen molar-refractivity contribution in [3.63, 3.8) is 0 Å². The largest absolute Gasteiger partial charge is 0.290 e. The summed E-state index contributed by atoms with van der Waals surface area (Å²) in [5, 5.41) is 11.3. The van der Waals surface area contributed by atoms with E-state index in [1.807, 2.05) is 6.92 Å². The molecular weight excluding hydrogens is 278 g/mol. The second-order valence-electron chi connectivity index (χ2n) is 4.28. The van der Waals surface area contributed by atoms with Gasteiger partial charge in [0.15, 0.2) is 5.17 Å². The summed E-state index contributed by atoms with van der Waals surface area (Å²) < 4.78 is 0. The van der Waals surface area contributed by atoms with E-state index in [1.54, 1.807) is 17.0 Å². The van der Waals surface area contributed by atoms with Crippen molar-refractivity contribution < 1.29 is 9.72 Å². The first kappa shape index (κ1) is 14.5. The highest BCUT2D eigenvalue weighted by atomic mass is 32.2. The average molecular weight is 293 g/mol. The molecule has 1 heterocycles. The summed E-state index contributed by atoms with van der Waals surface area (Å²) in [4.78, 5) is 27.9. The van der Waals surface area contributed by atoms with Gasteiger partial charge in [-0.15, -0.1) is 0 Å². The van der Waals surface area contributed by atoms with E-state index in [0.29, 0.717) is 25.3 Å². The Kier molecular flexibility index (Phi) is 4.73. The second kappa shape index (κ2) is 6.51. The molecule has 7 heteroatoms. The molecule has 6 nitrogen and oxygen atoms in total. The zero-order valence-electron chi connectivity index (χ0n) is 11.1. The number of non-ortho nitro benzene ring substituents is 1. The third kappa shape index (κ3) is 3.36. The minimum atomic E-state index is -0.417. The van der Waals surface area contributed by atoms with E-state index in [9.17, 15) is 14.9 Å². The predicted molar refractivity (Wildman–Crippen MR) is 78.7 cm³/mol. The molecule has 2 rings (SSSR count). The van der Waals surface area contributed by atoms with Gasteiger partial charge in [0.25, 0.3) is 5.69 Å². The van der Waals surface area contributed by atoms with Crippen LogP contribution in [0.3, 0.4) is 0 Å². The number of amidine groups is 1. The summed E-state index contributed by atoms with van der Waals surface area (Å²) in [5.74, 6) is 0.724. The molecular formula is C13H15N3O3S. The van der Waals surface area contributed by atoms with Crippen LogP contribution >= 0.6 is 11.8 Å². The van der Waals surface area contributed by atoms with Crippen LogP contribution in [0.4, 0.5) is 5.69 Å². The van der Waals surface area contributed by atoms with Crippen molar-refractivity contribution in [1.82, 2.24) is 4.90 Å². The molecule has 0 radical (unpaired) electrons. The Morgan fingerprint density at radius 2 is 2.15 bits per heavy atom. The van der Waals surface area contributed by atoms with Crippen molar-refractivity contribution in [3.8, 4) is 0 Å². The number of amides is 1. The summed E-state index contributed by atoms with van der Waals surface area (Å²) in [6.07, 6.45) is 0.469. The molecule has 0 aliphatic carbocycles. The summed E-state index contributed by atoms with van der Waals surface area (Å²) in [6, 6.07) is 6.43. The molecule has 0 fully saturated rings. The second-order valence-corrected chi connectivity index (χ2v) is 5.22. The SMILES string of the molecule is CCC(=O)N1CCN=C1SCc1ccc([N+](=O)[O-])cc1. The van der Waals surface area contributed by atoms with Crippen molar-refractivity contribution in [2.24, 2.45) is 4.99 Å². The predicted octanol–water partition coefficient (Wildman–Crippen LogP) is 2.44. The van der Waals surface area contributed by atoms with Crippen molar-refractivity contribution in [2.75, 3.05) is 13.1 Å². The summed E-state index contributed by atoms with van der Waals surface area (Å²) >= 11 is 1.49. The molecule has 1 aliphatic heterocycles. The van der Waals surface area contributed by atoms with Crippen molar-refractivity contribution in [1.29, 1.82) is 0 Å². The van der Waals surface area contributed by atoms with E-state index in [0.717, 1.165) is 10.7 Å². The van der Waals surface area contributed by atoms with Crippen LogP contribution in [0.25, 0.3) is 0 Å². The Hall–Kier alpha value is -1.89. The van der Waals surface area contributed by atoms with E-state index < -0.39 is 4.92 Å². The first-order valence-electron chi connectivity index (χ1n) is 6.32. The van der Waals surface area contributed by atoms with Gasteiger partial charge in [-0.2, -0.15) is 0 Å². The van der Waals surface area contributed by atoms with Gasteiger partial charge in [-0.25, -0.2) is 0 Å². The Morgan fingerprint density at radius 3 is 2.75 bits per heavy atom. The summed E-state index contributed by atoms with van der Waals surface area (Å²) in [7, 11) is 0. The van der Waals surface area contributed by atoms with Crippen LogP contribution in [0.2, 0.25) is 0 Å². The number of carbonyl (C=O) groups excluding carboxylic acids is 1. The standard InChI is InChI=1S/C13H15N3O3S/c1-2-12(17)15-8-7-14-13(15)20-9-10-3-5-11(6-4-10)16(18)19/h3-6H,2,7-9H2,1H3. The Labute approximate surface area is 121 Å². The molecule has 0 bridgehead atoms. The van der Waals surface area contributed by atoms with Crippen molar-refractivity contribution in [3.05, 3.63) is 39.9 Å². The topological polar surface area (TPSA) is 75.8 Å². The first-order chi connectivity index (χ1) is 9.61. The number of hydrogen-bond donors (Lipinski definition) is 0. The van der Waals surface area contributed by atoms with Gasteiger partial charge in [-0.1, -0.05) is 30.8 Å². The van der Waals surface area contributed by atoms with Gasteiger partial charge < -0.3 is 0 Å². The van der Waals surface area contributed by atoms with Gasteiger partial charge >= 0.3 is 0 Å². The van der Waals surface area contributed by atoms with Crippen LogP contribution in [-0.4, -0.2) is 34.0 Å². The van der Waals surface area contributed by atoms with Gasteiger partial charge in [0.2, 0.25) is 5.91 Å². The van der Waals surface area contributed by atoms with E-state index in [-0.39, 0.29) is 11.6 Å². The lowest BCUT2D eigenvalue weighted by molar-refractivity contribution is -0.384. The Balaban J connectivity index is 1.95. The zero-order valence-corrected chi connectivity index (χ0v) is 11.9. The lowest BCUT2D eigenvalue weighted by Gasteiger charge is -2.16. The average Bonchev–Trinajstić information content (AvgIpc) is 2.93.